The van der Waals surface area contributed by atoms with Gasteiger partial charge < -0.3 is 5.32 Å². The highest BCUT2D eigenvalue weighted by Gasteiger charge is 2.32. The Kier molecular flexibility index (Phi) is 4.89. The number of nitrogens with one attached hydrogen (secondary N) is 1. The first-order valence-electron chi connectivity index (χ1n) is 5.35. The molecule has 0 bridgehead atoms. The van der Waals surface area contributed by atoms with Crippen molar-refractivity contribution in [2.45, 2.75) is 12.6 Å². The van der Waals surface area contributed by atoms with E-state index in [2.05, 4.69) is 17.2 Å². The van der Waals surface area contributed by atoms with Gasteiger partial charge in [-0.1, -0.05) is 11.8 Å². The highest BCUT2D eigenvalue weighted by Crippen LogP contribution is 2.32. The number of hydrogen-bond donors (Lipinski definition) is 1. The lowest BCUT2D eigenvalue weighted by Crippen LogP contribution is -2.06. The first-order valence-corrected chi connectivity index (χ1v) is 5.35. The molecule has 0 fully saturated rings. The fourth-order valence-electron chi connectivity index (χ4n) is 1.31. The van der Waals surface area contributed by atoms with Gasteiger partial charge in [-0.2, -0.15) is 13.2 Å². The second-order valence-corrected chi connectivity index (χ2v) is 3.64. The summed E-state index contributed by atoms with van der Waals surface area (Å²) >= 11 is 0. The molecule has 1 rings (SSSR count). The van der Waals surface area contributed by atoms with Crippen molar-refractivity contribution in [1.82, 2.24) is 5.32 Å². The largest absolute Gasteiger partial charge is 0.416 e. The van der Waals surface area contributed by atoms with Gasteiger partial charge in [0.05, 0.1) is 10.5 Å². The van der Waals surface area contributed by atoms with Crippen molar-refractivity contribution in [2.24, 2.45) is 0 Å². The Bertz CT molecular complexity index is 530. The lowest BCUT2D eigenvalue weighted by Gasteiger charge is -2.06. The van der Waals surface area contributed by atoms with E-state index in [1.54, 1.807) is 7.05 Å². The van der Waals surface area contributed by atoms with Crippen molar-refractivity contribution in [2.75, 3.05) is 13.6 Å². The molecule has 0 aliphatic heterocycles. The summed E-state index contributed by atoms with van der Waals surface area (Å²) in [5.41, 5.74) is -1.71. The quantitative estimate of drug-likeness (QED) is 0.398. The second-order valence-electron chi connectivity index (χ2n) is 3.64. The minimum Gasteiger partial charge on any atom is -0.319 e. The summed E-state index contributed by atoms with van der Waals surface area (Å²) in [5.74, 6) is 5.17. The molecule has 1 aromatic rings. The Morgan fingerprint density at radius 3 is 2.63 bits per heavy atom. The Morgan fingerprint density at radius 1 is 1.42 bits per heavy atom. The highest BCUT2D eigenvalue weighted by molar-refractivity contribution is 5.53. The maximum atomic E-state index is 12.4. The first-order chi connectivity index (χ1) is 8.86. The summed E-state index contributed by atoms with van der Waals surface area (Å²) in [6.45, 7) is 0.599. The number of nitro groups is 1. The minimum atomic E-state index is -4.61. The smallest absolute Gasteiger partial charge is 0.319 e. The average Bonchev–Trinajstić information content (AvgIpc) is 2.33. The van der Waals surface area contributed by atoms with Crippen LogP contribution in [0.1, 0.15) is 17.5 Å². The van der Waals surface area contributed by atoms with E-state index in [0.717, 1.165) is 12.1 Å². The molecule has 0 heterocycles. The Hall–Kier alpha value is -2.07. The van der Waals surface area contributed by atoms with Gasteiger partial charge in [0.1, 0.15) is 5.56 Å². The van der Waals surface area contributed by atoms with Crippen LogP contribution in [-0.4, -0.2) is 18.5 Å². The number of alkyl halides is 3. The van der Waals surface area contributed by atoms with Crippen molar-refractivity contribution in [3.05, 3.63) is 39.4 Å². The monoisotopic (exact) mass is 272 g/mol. The fourth-order valence-corrected chi connectivity index (χ4v) is 1.31. The van der Waals surface area contributed by atoms with E-state index < -0.39 is 22.4 Å². The van der Waals surface area contributed by atoms with Crippen molar-refractivity contribution >= 4 is 5.69 Å². The van der Waals surface area contributed by atoms with E-state index in [4.69, 9.17) is 0 Å². The Balaban J connectivity index is 3.11. The maximum Gasteiger partial charge on any atom is 0.416 e. The third-order valence-electron chi connectivity index (χ3n) is 2.24. The number of nitrogens with zero attached hydrogens (tertiary/aromatic N) is 1. The van der Waals surface area contributed by atoms with Gasteiger partial charge in [0.2, 0.25) is 0 Å². The third kappa shape index (κ3) is 4.26. The van der Waals surface area contributed by atoms with Gasteiger partial charge >= 0.3 is 6.18 Å². The van der Waals surface area contributed by atoms with Crippen LogP contribution >= 0.6 is 0 Å². The van der Waals surface area contributed by atoms with Gasteiger partial charge in [0, 0.05) is 19.0 Å². The highest BCUT2D eigenvalue weighted by atomic mass is 19.4. The molecule has 1 aromatic carbocycles. The molecule has 4 nitrogen and oxygen atoms in total. The summed E-state index contributed by atoms with van der Waals surface area (Å²) in [6.07, 6.45) is -4.16. The van der Waals surface area contributed by atoms with E-state index in [1.807, 2.05) is 0 Å². The molecule has 0 atom stereocenters. The van der Waals surface area contributed by atoms with Crippen LogP contribution in [0.4, 0.5) is 18.9 Å². The average molecular weight is 272 g/mol. The SMILES string of the molecule is CNCCC#Cc1ccc(C(F)(F)F)cc1[N+](=O)[O-]. The molecule has 7 heteroatoms. The standard InChI is InChI=1S/C12H11F3N2O2/c1-16-7-3-2-4-9-5-6-10(12(13,14)15)8-11(9)17(18)19/h5-6,8,16H,3,7H2,1H3. The van der Waals surface area contributed by atoms with Gasteiger partial charge in [-0.05, 0) is 19.2 Å². The molecule has 0 aromatic heterocycles. The summed E-state index contributed by atoms with van der Waals surface area (Å²) in [7, 11) is 1.72. The first kappa shape index (κ1) is 15.0. The summed E-state index contributed by atoms with van der Waals surface area (Å²) in [6, 6.07) is 2.31. The van der Waals surface area contributed by atoms with Crippen LogP contribution in [0.15, 0.2) is 18.2 Å². The Morgan fingerprint density at radius 2 is 2.11 bits per heavy atom. The van der Waals surface area contributed by atoms with E-state index >= 15 is 0 Å². The lowest BCUT2D eigenvalue weighted by molar-refractivity contribution is -0.385. The zero-order valence-corrected chi connectivity index (χ0v) is 10.0. The summed E-state index contributed by atoms with van der Waals surface area (Å²) in [5, 5.41) is 13.6. The number of rotatable bonds is 3. The van der Waals surface area contributed by atoms with E-state index in [1.165, 1.54) is 0 Å². The molecular formula is C12H11F3N2O2. The van der Waals surface area contributed by atoms with Gasteiger partial charge in [0.15, 0.2) is 0 Å². The van der Waals surface area contributed by atoms with Crippen molar-refractivity contribution in [1.29, 1.82) is 0 Å². The third-order valence-corrected chi connectivity index (χ3v) is 2.24. The molecule has 0 aliphatic carbocycles. The molecule has 0 amide bonds. The van der Waals surface area contributed by atoms with Crippen molar-refractivity contribution < 1.29 is 18.1 Å². The van der Waals surface area contributed by atoms with Crippen LogP contribution in [0.3, 0.4) is 0 Å². The topological polar surface area (TPSA) is 55.2 Å². The zero-order chi connectivity index (χ0) is 14.5. The molecule has 0 saturated heterocycles. The minimum absolute atomic E-state index is 0.0193. The summed E-state index contributed by atoms with van der Waals surface area (Å²) in [4.78, 5) is 9.88. The van der Waals surface area contributed by atoms with E-state index in [9.17, 15) is 23.3 Å². The van der Waals surface area contributed by atoms with E-state index in [0.29, 0.717) is 19.0 Å². The predicted octanol–water partition coefficient (Wildman–Crippen LogP) is 2.57. The molecule has 0 aliphatic rings. The van der Waals surface area contributed by atoms with Gasteiger partial charge in [0.25, 0.3) is 5.69 Å². The van der Waals surface area contributed by atoms with E-state index in [-0.39, 0.29) is 5.56 Å². The van der Waals surface area contributed by atoms with Gasteiger partial charge in [-0.15, -0.1) is 0 Å². The number of benzene rings is 1. The fraction of sp³-hybridized carbons (Fsp3) is 0.333. The molecule has 0 spiro atoms. The number of halogens is 3. The van der Waals surface area contributed by atoms with Crippen LogP contribution in [0, 0.1) is 22.0 Å². The molecule has 19 heavy (non-hydrogen) atoms. The maximum absolute atomic E-state index is 12.4. The van der Waals surface area contributed by atoms with Crippen molar-refractivity contribution in [3.8, 4) is 11.8 Å². The van der Waals surface area contributed by atoms with Crippen LogP contribution < -0.4 is 5.32 Å². The normalized spacial score (nSPS) is 10.7. The Labute approximate surface area is 107 Å². The van der Waals surface area contributed by atoms with Crippen molar-refractivity contribution in [3.63, 3.8) is 0 Å². The molecule has 0 saturated carbocycles. The zero-order valence-electron chi connectivity index (χ0n) is 10.0. The van der Waals surface area contributed by atoms with Crippen LogP contribution in [0.25, 0.3) is 0 Å². The van der Waals surface area contributed by atoms with Gasteiger partial charge in [-0.3, -0.25) is 10.1 Å². The number of nitro benzene ring substituents is 1. The molecule has 102 valence electrons. The summed E-state index contributed by atoms with van der Waals surface area (Å²) < 4.78 is 37.3. The van der Waals surface area contributed by atoms with Crippen LogP contribution in [-0.2, 0) is 6.18 Å². The van der Waals surface area contributed by atoms with Crippen LogP contribution in [0.5, 0.6) is 0 Å². The number of hydrogen-bond acceptors (Lipinski definition) is 3. The predicted molar refractivity (Wildman–Crippen MR) is 63.5 cm³/mol. The molecule has 0 radical (unpaired) electrons. The lowest BCUT2D eigenvalue weighted by atomic mass is 10.1. The van der Waals surface area contributed by atoms with Crippen LogP contribution in [0.2, 0.25) is 0 Å². The molecule has 0 unspecified atom stereocenters. The molecule has 1 N–H and O–H groups in total. The second kappa shape index (κ2) is 6.20. The molecular weight excluding hydrogens is 261 g/mol. The van der Waals surface area contributed by atoms with Gasteiger partial charge in [-0.25, -0.2) is 0 Å².